The van der Waals surface area contributed by atoms with Gasteiger partial charge in [-0.15, -0.1) is 6.58 Å². The molecule has 0 bridgehead atoms. The molecule has 0 spiro atoms. The summed E-state index contributed by atoms with van der Waals surface area (Å²) in [4.78, 5) is 0. The van der Waals surface area contributed by atoms with E-state index in [1.54, 1.807) is 0 Å². The molecule has 0 radical (unpaired) electrons. The number of rotatable bonds is 10. The lowest BCUT2D eigenvalue weighted by Crippen LogP contribution is -2.50. The number of nitrogens with one attached hydrogen (secondary N) is 2. The average Bonchev–Trinajstić information content (AvgIpc) is 2.12. The molecule has 0 saturated heterocycles. The van der Waals surface area contributed by atoms with Crippen molar-refractivity contribution in [3.8, 4) is 0 Å². The highest BCUT2D eigenvalue weighted by Gasteiger charge is 2.21. The third-order valence-corrected chi connectivity index (χ3v) is 3.21. The lowest BCUT2D eigenvalue weighted by molar-refractivity contribution is 0.418. The van der Waals surface area contributed by atoms with Crippen molar-refractivity contribution in [3.05, 3.63) is 12.7 Å². The molecular weight excluding hydrogens is 236 g/mol. The van der Waals surface area contributed by atoms with Crippen LogP contribution in [0.3, 0.4) is 0 Å². The van der Waals surface area contributed by atoms with Gasteiger partial charge in [0.2, 0.25) is 10.0 Å². The van der Waals surface area contributed by atoms with Crippen molar-refractivity contribution in [1.29, 1.82) is 0 Å². The molecule has 0 aromatic rings. The predicted octanol–water partition coefficient (Wildman–Crippen LogP) is 1.65. The van der Waals surface area contributed by atoms with Gasteiger partial charge in [0, 0.05) is 12.1 Å². The van der Waals surface area contributed by atoms with Crippen molar-refractivity contribution < 1.29 is 8.42 Å². The predicted molar refractivity (Wildman–Crippen MR) is 73.6 cm³/mol. The van der Waals surface area contributed by atoms with Crippen LogP contribution in [0.4, 0.5) is 0 Å². The summed E-state index contributed by atoms with van der Waals surface area (Å²) >= 11 is 0. The van der Waals surface area contributed by atoms with Gasteiger partial charge in [-0.2, -0.15) is 0 Å². The Balaban J connectivity index is 3.62. The topological polar surface area (TPSA) is 58.2 Å². The highest BCUT2D eigenvalue weighted by atomic mass is 32.2. The van der Waals surface area contributed by atoms with Gasteiger partial charge >= 0.3 is 0 Å². The Morgan fingerprint density at radius 3 is 2.41 bits per heavy atom. The summed E-state index contributed by atoms with van der Waals surface area (Å²) in [6, 6.07) is 0. The molecule has 5 heteroatoms. The Kier molecular flexibility index (Phi) is 7.66. The molecule has 2 N–H and O–H groups in total. The second kappa shape index (κ2) is 7.84. The number of unbranched alkanes of at least 4 members (excludes halogenated alkanes) is 3. The summed E-state index contributed by atoms with van der Waals surface area (Å²) in [6.45, 7) is 8.99. The van der Waals surface area contributed by atoms with E-state index in [0.717, 1.165) is 19.4 Å². The molecule has 0 fully saturated rings. The molecule has 0 atom stereocenters. The standard InChI is InChI=1S/C12H26N2O2S/c1-5-6-7-8-9-10-13-11-12(2,3)14-17(4,15)16/h5,13-14H,1,6-11H2,2-4H3. The molecule has 102 valence electrons. The smallest absolute Gasteiger partial charge is 0.209 e. The molecule has 0 rings (SSSR count). The molecule has 4 nitrogen and oxygen atoms in total. The maximum Gasteiger partial charge on any atom is 0.209 e. The minimum absolute atomic E-state index is 0.436. The minimum Gasteiger partial charge on any atom is -0.315 e. The summed E-state index contributed by atoms with van der Waals surface area (Å²) in [5, 5.41) is 3.27. The molecule has 0 unspecified atom stereocenters. The first-order chi connectivity index (χ1) is 7.77. The molecule has 0 aliphatic rings. The summed E-state index contributed by atoms with van der Waals surface area (Å²) < 4.78 is 24.8. The fourth-order valence-electron chi connectivity index (χ4n) is 1.65. The average molecular weight is 262 g/mol. The van der Waals surface area contributed by atoms with E-state index >= 15 is 0 Å². The summed E-state index contributed by atoms with van der Waals surface area (Å²) in [5.74, 6) is 0. The van der Waals surface area contributed by atoms with Crippen LogP contribution in [0.5, 0.6) is 0 Å². The van der Waals surface area contributed by atoms with Gasteiger partial charge in [-0.05, 0) is 39.7 Å². The van der Waals surface area contributed by atoms with Crippen LogP contribution in [0.1, 0.15) is 39.5 Å². The van der Waals surface area contributed by atoms with Gasteiger partial charge in [0.1, 0.15) is 0 Å². The zero-order chi connectivity index (χ0) is 13.4. The molecule has 17 heavy (non-hydrogen) atoms. The lowest BCUT2D eigenvalue weighted by Gasteiger charge is -2.25. The SMILES string of the molecule is C=CCCCCCNCC(C)(C)NS(C)(=O)=O. The Hall–Kier alpha value is -0.390. The second-order valence-corrected chi connectivity index (χ2v) is 6.82. The van der Waals surface area contributed by atoms with E-state index in [1.807, 2.05) is 19.9 Å². The largest absolute Gasteiger partial charge is 0.315 e. The normalized spacial score (nSPS) is 12.6. The van der Waals surface area contributed by atoms with Crippen molar-refractivity contribution >= 4 is 10.0 Å². The highest BCUT2D eigenvalue weighted by molar-refractivity contribution is 7.88. The summed E-state index contributed by atoms with van der Waals surface area (Å²) in [7, 11) is -3.14. The molecule has 0 aromatic carbocycles. The molecular formula is C12H26N2O2S. The van der Waals surface area contributed by atoms with Crippen molar-refractivity contribution in [1.82, 2.24) is 10.0 Å². The first-order valence-corrected chi connectivity index (χ1v) is 7.96. The third kappa shape index (κ3) is 11.9. The molecule has 0 aromatic heterocycles. The number of hydrogen-bond acceptors (Lipinski definition) is 3. The van der Waals surface area contributed by atoms with Crippen molar-refractivity contribution in [2.75, 3.05) is 19.3 Å². The second-order valence-electron chi connectivity index (χ2n) is 5.07. The van der Waals surface area contributed by atoms with Gasteiger partial charge in [-0.3, -0.25) is 0 Å². The monoisotopic (exact) mass is 262 g/mol. The van der Waals surface area contributed by atoms with Crippen molar-refractivity contribution in [2.45, 2.75) is 45.1 Å². The van der Waals surface area contributed by atoms with Gasteiger partial charge < -0.3 is 5.32 Å². The highest BCUT2D eigenvalue weighted by Crippen LogP contribution is 2.03. The van der Waals surface area contributed by atoms with Crippen molar-refractivity contribution in [3.63, 3.8) is 0 Å². The quantitative estimate of drug-likeness (QED) is 0.465. The Morgan fingerprint density at radius 1 is 1.24 bits per heavy atom. The van der Waals surface area contributed by atoms with Crippen LogP contribution in [-0.2, 0) is 10.0 Å². The number of allylic oxidation sites excluding steroid dienone is 1. The van der Waals surface area contributed by atoms with Crippen LogP contribution < -0.4 is 10.0 Å². The first-order valence-electron chi connectivity index (χ1n) is 6.07. The van der Waals surface area contributed by atoms with Crippen LogP contribution in [0.25, 0.3) is 0 Å². The molecule has 0 aliphatic heterocycles. The van der Waals surface area contributed by atoms with Gasteiger partial charge in [-0.1, -0.05) is 12.5 Å². The van der Waals surface area contributed by atoms with Crippen LogP contribution in [-0.4, -0.2) is 33.3 Å². The van der Waals surface area contributed by atoms with Gasteiger partial charge in [-0.25, -0.2) is 13.1 Å². The fourth-order valence-corrected chi connectivity index (χ4v) is 2.73. The zero-order valence-electron chi connectivity index (χ0n) is 11.3. The molecule has 0 saturated carbocycles. The van der Waals surface area contributed by atoms with Gasteiger partial charge in [0.05, 0.1) is 6.26 Å². The number of sulfonamides is 1. The van der Waals surface area contributed by atoms with E-state index < -0.39 is 15.6 Å². The fraction of sp³-hybridized carbons (Fsp3) is 0.833. The number of hydrogen-bond donors (Lipinski definition) is 2. The van der Waals surface area contributed by atoms with E-state index in [-0.39, 0.29) is 0 Å². The Morgan fingerprint density at radius 2 is 1.88 bits per heavy atom. The summed E-state index contributed by atoms with van der Waals surface area (Å²) in [5.41, 5.74) is -0.436. The van der Waals surface area contributed by atoms with E-state index in [9.17, 15) is 8.42 Å². The molecule has 0 heterocycles. The lowest BCUT2D eigenvalue weighted by atomic mass is 10.1. The zero-order valence-corrected chi connectivity index (χ0v) is 12.1. The molecule has 0 aliphatic carbocycles. The maximum atomic E-state index is 11.1. The first kappa shape index (κ1) is 16.6. The van der Waals surface area contributed by atoms with Gasteiger partial charge in [0.25, 0.3) is 0 Å². The summed E-state index contributed by atoms with van der Waals surface area (Å²) in [6.07, 6.45) is 7.66. The van der Waals surface area contributed by atoms with Crippen LogP contribution in [0.2, 0.25) is 0 Å². The Bertz CT molecular complexity index is 310. The van der Waals surface area contributed by atoms with Crippen LogP contribution >= 0.6 is 0 Å². The molecule has 0 amide bonds. The van der Waals surface area contributed by atoms with E-state index in [0.29, 0.717) is 6.54 Å². The van der Waals surface area contributed by atoms with Gasteiger partial charge in [0.15, 0.2) is 0 Å². The van der Waals surface area contributed by atoms with E-state index in [1.165, 1.54) is 19.1 Å². The van der Waals surface area contributed by atoms with Crippen LogP contribution in [0, 0.1) is 0 Å². The third-order valence-electron chi connectivity index (χ3n) is 2.29. The maximum absolute atomic E-state index is 11.1. The van der Waals surface area contributed by atoms with E-state index in [4.69, 9.17) is 0 Å². The van der Waals surface area contributed by atoms with E-state index in [2.05, 4.69) is 16.6 Å². The Labute approximate surface area is 106 Å². The minimum atomic E-state index is -3.14. The van der Waals surface area contributed by atoms with Crippen molar-refractivity contribution in [2.24, 2.45) is 0 Å². The van der Waals surface area contributed by atoms with Crippen LogP contribution in [0.15, 0.2) is 12.7 Å².